The lowest BCUT2D eigenvalue weighted by Gasteiger charge is -2.38. The largest absolute Gasteiger partial charge is 0.354 e. The van der Waals surface area contributed by atoms with E-state index in [-0.39, 0.29) is 23.5 Å². The van der Waals surface area contributed by atoms with E-state index in [2.05, 4.69) is 75.8 Å². The molecule has 1 amide bonds. The molecule has 0 radical (unpaired) electrons. The zero-order chi connectivity index (χ0) is 22.1. The van der Waals surface area contributed by atoms with E-state index < -0.39 is 0 Å². The standard InChI is InChI=1S/C23H40N6O/c1-18(2)26-21(30)16-28-12-14-29(15-13-28)22(24-6)25-17-23(4,5)27-19(3)20-10-8-7-9-11-20/h7-11,18-19,27H,12-17H2,1-6H3,(H,24,25)(H,26,30). The fourth-order valence-electron chi connectivity index (χ4n) is 3.78. The highest BCUT2D eigenvalue weighted by atomic mass is 16.2. The molecule has 1 saturated heterocycles. The van der Waals surface area contributed by atoms with Crippen molar-refractivity contribution in [1.82, 2.24) is 25.8 Å². The quantitative estimate of drug-likeness (QED) is 0.446. The van der Waals surface area contributed by atoms with Gasteiger partial charge in [-0.25, -0.2) is 0 Å². The number of rotatable bonds is 8. The van der Waals surface area contributed by atoms with Gasteiger partial charge in [-0.1, -0.05) is 30.3 Å². The molecular formula is C23H40N6O. The number of guanidine groups is 1. The Kier molecular flexibility index (Phi) is 9.11. The van der Waals surface area contributed by atoms with E-state index in [1.165, 1.54) is 5.56 Å². The summed E-state index contributed by atoms with van der Waals surface area (Å²) in [5.41, 5.74) is 1.19. The van der Waals surface area contributed by atoms with Crippen LogP contribution in [-0.2, 0) is 4.79 Å². The molecule has 1 aromatic carbocycles. The second kappa shape index (κ2) is 11.3. The van der Waals surface area contributed by atoms with Crippen LogP contribution >= 0.6 is 0 Å². The number of piperazine rings is 1. The van der Waals surface area contributed by atoms with Gasteiger partial charge >= 0.3 is 0 Å². The molecule has 7 nitrogen and oxygen atoms in total. The Labute approximate surface area is 182 Å². The number of aliphatic imine (C=N–C) groups is 1. The zero-order valence-corrected chi connectivity index (χ0v) is 19.5. The third-order valence-electron chi connectivity index (χ3n) is 5.30. The van der Waals surface area contributed by atoms with Gasteiger partial charge in [0.05, 0.1) is 6.54 Å². The predicted molar refractivity (Wildman–Crippen MR) is 125 cm³/mol. The number of carbonyl (C=O) groups is 1. The average molecular weight is 417 g/mol. The van der Waals surface area contributed by atoms with Crippen LogP contribution < -0.4 is 16.0 Å². The molecule has 0 aromatic heterocycles. The summed E-state index contributed by atoms with van der Waals surface area (Å²) in [6.07, 6.45) is 0. The molecule has 1 atom stereocenters. The molecule has 1 heterocycles. The van der Waals surface area contributed by atoms with Crippen LogP contribution in [0.3, 0.4) is 0 Å². The molecule has 168 valence electrons. The molecule has 0 aliphatic carbocycles. The lowest BCUT2D eigenvalue weighted by Crippen LogP contribution is -2.57. The van der Waals surface area contributed by atoms with Crippen LogP contribution in [0.5, 0.6) is 0 Å². The van der Waals surface area contributed by atoms with Crippen molar-refractivity contribution in [3.63, 3.8) is 0 Å². The topological polar surface area (TPSA) is 72.0 Å². The molecule has 1 aliphatic heterocycles. The maximum absolute atomic E-state index is 12.0. The van der Waals surface area contributed by atoms with Crippen LogP contribution in [0.25, 0.3) is 0 Å². The van der Waals surface area contributed by atoms with Gasteiger partial charge in [0, 0.05) is 57.4 Å². The molecule has 3 N–H and O–H groups in total. The molecule has 1 fully saturated rings. The average Bonchev–Trinajstić information content (AvgIpc) is 2.69. The normalized spacial score (nSPS) is 17.2. The third kappa shape index (κ3) is 7.95. The number of carbonyl (C=O) groups excluding carboxylic acids is 1. The van der Waals surface area contributed by atoms with Crippen molar-refractivity contribution >= 4 is 11.9 Å². The molecule has 2 rings (SSSR count). The van der Waals surface area contributed by atoms with Gasteiger partial charge < -0.3 is 20.9 Å². The Morgan fingerprint density at radius 3 is 2.30 bits per heavy atom. The summed E-state index contributed by atoms with van der Waals surface area (Å²) in [6.45, 7) is 15.3. The number of benzene rings is 1. The third-order valence-corrected chi connectivity index (χ3v) is 5.30. The molecule has 1 aliphatic rings. The minimum absolute atomic E-state index is 0.0953. The molecule has 1 unspecified atom stereocenters. The van der Waals surface area contributed by atoms with Gasteiger partial charge in [-0.3, -0.25) is 14.7 Å². The predicted octanol–water partition coefficient (Wildman–Crippen LogP) is 1.83. The molecule has 0 saturated carbocycles. The van der Waals surface area contributed by atoms with Crippen LogP contribution in [-0.4, -0.2) is 79.6 Å². The van der Waals surface area contributed by atoms with E-state index in [0.717, 1.165) is 38.7 Å². The first kappa shape index (κ1) is 24.2. The summed E-state index contributed by atoms with van der Waals surface area (Å²) in [6, 6.07) is 11.0. The van der Waals surface area contributed by atoms with E-state index in [1.54, 1.807) is 0 Å². The maximum Gasteiger partial charge on any atom is 0.234 e. The SMILES string of the molecule is CN=C(NCC(C)(C)NC(C)c1ccccc1)N1CCN(CC(=O)NC(C)C)CC1. The van der Waals surface area contributed by atoms with Gasteiger partial charge in [0.2, 0.25) is 5.91 Å². The number of hydrogen-bond donors (Lipinski definition) is 3. The summed E-state index contributed by atoms with van der Waals surface area (Å²) >= 11 is 0. The Morgan fingerprint density at radius 1 is 1.10 bits per heavy atom. The summed E-state index contributed by atoms with van der Waals surface area (Å²) in [4.78, 5) is 20.9. The van der Waals surface area contributed by atoms with E-state index in [9.17, 15) is 4.79 Å². The van der Waals surface area contributed by atoms with Gasteiger partial charge in [0.1, 0.15) is 0 Å². The van der Waals surface area contributed by atoms with Gasteiger partial charge in [0.15, 0.2) is 5.96 Å². The van der Waals surface area contributed by atoms with E-state index in [1.807, 2.05) is 27.0 Å². The van der Waals surface area contributed by atoms with E-state index in [4.69, 9.17) is 0 Å². The molecule has 1 aromatic rings. The van der Waals surface area contributed by atoms with Crippen molar-refractivity contribution in [1.29, 1.82) is 0 Å². The highest BCUT2D eigenvalue weighted by molar-refractivity contribution is 5.80. The van der Waals surface area contributed by atoms with Crippen LogP contribution in [0.1, 0.15) is 46.2 Å². The number of amides is 1. The fourth-order valence-corrected chi connectivity index (χ4v) is 3.78. The van der Waals surface area contributed by atoms with Crippen LogP contribution in [0.2, 0.25) is 0 Å². The van der Waals surface area contributed by atoms with Crippen LogP contribution in [0.4, 0.5) is 0 Å². The summed E-state index contributed by atoms with van der Waals surface area (Å²) in [5, 5.41) is 10.2. The van der Waals surface area contributed by atoms with Gasteiger partial charge in [-0.05, 0) is 40.2 Å². The van der Waals surface area contributed by atoms with E-state index in [0.29, 0.717) is 6.54 Å². The number of nitrogens with zero attached hydrogens (tertiary/aromatic N) is 3. The lowest BCUT2D eigenvalue weighted by molar-refractivity contribution is -0.123. The zero-order valence-electron chi connectivity index (χ0n) is 19.5. The van der Waals surface area contributed by atoms with Gasteiger partial charge in [-0.15, -0.1) is 0 Å². The first-order chi connectivity index (χ1) is 14.2. The Balaban J connectivity index is 1.79. The Bertz CT molecular complexity index is 680. The highest BCUT2D eigenvalue weighted by Gasteiger charge is 2.24. The van der Waals surface area contributed by atoms with Crippen molar-refractivity contribution < 1.29 is 4.79 Å². The molecule has 30 heavy (non-hydrogen) atoms. The smallest absolute Gasteiger partial charge is 0.234 e. The van der Waals surface area contributed by atoms with Gasteiger partial charge in [0.25, 0.3) is 0 Å². The van der Waals surface area contributed by atoms with Crippen molar-refractivity contribution in [2.75, 3.05) is 46.3 Å². The van der Waals surface area contributed by atoms with Crippen molar-refractivity contribution in [2.45, 2.75) is 52.2 Å². The molecule has 0 bridgehead atoms. The van der Waals surface area contributed by atoms with Crippen LogP contribution in [0.15, 0.2) is 35.3 Å². The second-order valence-corrected chi connectivity index (χ2v) is 9.05. The van der Waals surface area contributed by atoms with Crippen molar-refractivity contribution in [2.24, 2.45) is 4.99 Å². The monoisotopic (exact) mass is 416 g/mol. The fraction of sp³-hybridized carbons (Fsp3) is 0.652. The van der Waals surface area contributed by atoms with Gasteiger partial charge in [-0.2, -0.15) is 0 Å². The van der Waals surface area contributed by atoms with Crippen LogP contribution in [0, 0.1) is 0 Å². The molecule has 7 heteroatoms. The summed E-state index contributed by atoms with van der Waals surface area (Å²) < 4.78 is 0. The first-order valence-corrected chi connectivity index (χ1v) is 11.0. The summed E-state index contributed by atoms with van der Waals surface area (Å²) in [5.74, 6) is 1.02. The minimum atomic E-state index is -0.0953. The van der Waals surface area contributed by atoms with E-state index >= 15 is 0 Å². The lowest BCUT2D eigenvalue weighted by atomic mass is 10.0. The first-order valence-electron chi connectivity index (χ1n) is 11.0. The maximum atomic E-state index is 12.0. The van der Waals surface area contributed by atoms with Crippen molar-refractivity contribution in [3.8, 4) is 0 Å². The Hall–Kier alpha value is -2.12. The number of nitrogens with one attached hydrogen (secondary N) is 3. The molecular weight excluding hydrogens is 376 g/mol. The summed E-state index contributed by atoms with van der Waals surface area (Å²) in [7, 11) is 1.83. The molecule has 0 spiro atoms. The second-order valence-electron chi connectivity index (χ2n) is 9.05. The van der Waals surface area contributed by atoms with Crippen molar-refractivity contribution in [3.05, 3.63) is 35.9 Å². The highest BCUT2D eigenvalue weighted by Crippen LogP contribution is 2.16. The Morgan fingerprint density at radius 2 is 1.73 bits per heavy atom. The minimum Gasteiger partial charge on any atom is -0.354 e. The number of hydrogen-bond acceptors (Lipinski definition) is 4.